The molecule has 114 valence electrons. The molecule has 0 N–H and O–H groups in total. The average molecular weight is 287 g/mol. The van der Waals surface area contributed by atoms with E-state index in [1.54, 1.807) is 0 Å². The molecule has 3 rings (SSSR count). The van der Waals surface area contributed by atoms with Crippen molar-refractivity contribution in [2.75, 3.05) is 7.05 Å². The second kappa shape index (κ2) is 6.18. The molecule has 2 aliphatic heterocycles. The highest BCUT2D eigenvalue weighted by Gasteiger charge is 2.40. The maximum atomic E-state index is 12.5. The van der Waals surface area contributed by atoms with E-state index < -0.39 is 0 Å². The number of carbonyl (C=O) groups excluding carboxylic acids is 1. The van der Waals surface area contributed by atoms with Gasteiger partial charge in [0.1, 0.15) is 6.10 Å². The van der Waals surface area contributed by atoms with Gasteiger partial charge in [-0.3, -0.25) is 4.79 Å². The van der Waals surface area contributed by atoms with Crippen LogP contribution in [0.4, 0.5) is 0 Å². The molecule has 0 radical (unpaired) electrons. The molecule has 0 aliphatic carbocycles. The van der Waals surface area contributed by atoms with Gasteiger partial charge in [0.25, 0.3) is 0 Å². The monoisotopic (exact) mass is 287 g/mol. The first-order valence-corrected chi connectivity index (χ1v) is 8.16. The Morgan fingerprint density at radius 2 is 1.86 bits per heavy atom. The SMILES string of the molecule is CC[C@@H](C(=O)OC1C[C@H]2CC[C@@H](C1)N2C)c1ccccc1. The van der Waals surface area contributed by atoms with Gasteiger partial charge in [-0.25, -0.2) is 0 Å². The third-order valence-corrected chi connectivity index (χ3v) is 5.23. The second-order valence-corrected chi connectivity index (χ2v) is 6.45. The molecule has 21 heavy (non-hydrogen) atoms. The van der Waals surface area contributed by atoms with Crippen LogP contribution in [-0.4, -0.2) is 36.1 Å². The zero-order valence-electron chi connectivity index (χ0n) is 13.0. The number of benzene rings is 1. The van der Waals surface area contributed by atoms with E-state index in [4.69, 9.17) is 4.74 Å². The Balaban J connectivity index is 1.63. The summed E-state index contributed by atoms with van der Waals surface area (Å²) in [5.41, 5.74) is 1.07. The Bertz CT molecular complexity index is 473. The van der Waals surface area contributed by atoms with Crippen LogP contribution in [0, 0.1) is 0 Å². The van der Waals surface area contributed by atoms with E-state index >= 15 is 0 Å². The predicted octanol–water partition coefficient (Wildman–Crippen LogP) is 3.35. The third-order valence-electron chi connectivity index (χ3n) is 5.23. The molecule has 0 saturated carbocycles. The Kier molecular flexibility index (Phi) is 4.29. The van der Waals surface area contributed by atoms with E-state index in [1.807, 2.05) is 30.3 Å². The first-order chi connectivity index (χ1) is 10.2. The summed E-state index contributed by atoms with van der Waals surface area (Å²) in [6.07, 6.45) is 5.43. The lowest BCUT2D eigenvalue weighted by Crippen LogP contribution is -2.43. The first kappa shape index (κ1) is 14.6. The molecule has 1 aromatic carbocycles. The Hall–Kier alpha value is -1.35. The van der Waals surface area contributed by atoms with Crippen molar-refractivity contribution in [2.45, 2.75) is 63.1 Å². The van der Waals surface area contributed by atoms with Gasteiger partial charge in [0, 0.05) is 12.1 Å². The number of piperidine rings is 1. The van der Waals surface area contributed by atoms with Crippen molar-refractivity contribution in [3.63, 3.8) is 0 Å². The first-order valence-electron chi connectivity index (χ1n) is 8.16. The number of ether oxygens (including phenoxy) is 1. The smallest absolute Gasteiger partial charge is 0.313 e. The molecule has 2 saturated heterocycles. The van der Waals surface area contributed by atoms with Crippen molar-refractivity contribution < 1.29 is 9.53 Å². The van der Waals surface area contributed by atoms with Gasteiger partial charge >= 0.3 is 5.97 Å². The quantitative estimate of drug-likeness (QED) is 0.795. The molecule has 0 aromatic heterocycles. The standard InChI is InChI=1S/C18H25NO2/c1-3-17(13-7-5-4-6-8-13)18(20)21-16-11-14-9-10-15(12-16)19(14)2/h4-8,14-17H,3,9-12H2,1-2H3/t14-,15+,16?,17-/m1/s1. The Morgan fingerprint density at radius 3 is 2.43 bits per heavy atom. The van der Waals surface area contributed by atoms with Gasteiger partial charge in [-0.05, 0) is 44.7 Å². The molecule has 4 atom stereocenters. The molecule has 2 heterocycles. The zero-order chi connectivity index (χ0) is 14.8. The zero-order valence-corrected chi connectivity index (χ0v) is 13.0. The lowest BCUT2D eigenvalue weighted by molar-refractivity contribution is -0.154. The van der Waals surface area contributed by atoms with Gasteiger partial charge in [-0.15, -0.1) is 0 Å². The summed E-state index contributed by atoms with van der Waals surface area (Å²) in [5, 5.41) is 0. The maximum absolute atomic E-state index is 12.5. The summed E-state index contributed by atoms with van der Waals surface area (Å²) in [6, 6.07) is 11.2. The van der Waals surface area contributed by atoms with Gasteiger partial charge in [0.15, 0.2) is 0 Å². The van der Waals surface area contributed by atoms with Crippen LogP contribution in [0.15, 0.2) is 30.3 Å². The second-order valence-electron chi connectivity index (χ2n) is 6.45. The van der Waals surface area contributed by atoms with Crippen molar-refractivity contribution in [1.82, 2.24) is 4.90 Å². The van der Waals surface area contributed by atoms with Crippen molar-refractivity contribution in [3.05, 3.63) is 35.9 Å². The summed E-state index contributed by atoms with van der Waals surface area (Å²) in [6.45, 7) is 2.05. The largest absolute Gasteiger partial charge is 0.462 e. The maximum Gasteiger partial charge on any atom is 0.313 e. The van der Waals surface area contributed by atoms with Gasteiger partial charge in [-0.2, -0.15) is 0 Å². The summed E-state index contributed by atoms with van der Waals surface area (Å²) in [7, 11) is 2.21. The highest BCUT2D eigenvalue weighted by Crippen LogP contribution is 2.36. The fourth-order valence-corrected chi connectivity index (χ4v) is 3.93. The minimum absolute atomic E-state index is 0.0438. The minimum atomic E-state index is -0.122. The molecule has 3 heteroatoms. The fourth-order valence-electron chi connectivity index (χ4n) is 3.93. The van der Waals surface area contributed by atoms with Crippen molar-refractivity contribution >= 4 is 5.97 Å². The number of rotatable bonds is 4. The molecule has 2 aliphatic rings. The van der Waals surface area contributed by atoms with E-state index in [9.17, 15) is 4.79 Å². The highest BCUT2D eigenvalue weighted by atomic mass is 16.5. The Morgan fingerprint density at radius 1 is 1.24 bits per heavy atom. The van der Waals surface area contributed by atoms with Crippen LogP contribution >= 0.6 is 0 Å². The fraction of sp³-hybridized carbons (Fsp3) is 0.611. The molecule has 2 fully saturated rings. The minimum Gasteiger partial charge on any atom is -0.462 e. The third kappa shape index (κ3) is 2.98. The summed E-state index contributed by atoms with van der Waals surface area (Å²) >= 11 is 0. The summed E-state index contributed by atoms with van der Waals surface area (Å²) in [5.74, 6) is -0.166. The van der Waals surface area contributed by atoms with E-state index in [-0.39, 0.29) is 18.0 Å². The normalized spacial score (nSPS) is 30.1. The highest BCUT2D eigenvalue weighted by molar-refractivity contribution is 5.78. The van der Waals surface area contributed by atoms with Gasteiger partial charge in [-0.1, -0.05) is 37.3 Å². The van der Waals surface area contributed by atoms with Crippen LogP contribution < -0.4 is 0 Å². The number of esters is 1. The van der Waals surface area contributed by atoms with Gasteiger partial charge in [0.2, 0.25) is 0 Å². The van der Waals surface area contributed by atoms with Crippen LogP contribution in [0.1, 0.15) is 50.5 Å². The van der Waals surface area contributed by atoms with Crippen LogP contribution in [-0.2, 0) is 9.53 Å². The van der Waals surface area contributed by atoms with Gasteiger partial charge in [0.05, 0.1) is 5.92 Å². The van der Waals surface area contributed by atoms with Gasteiger partial charge < -0.3 is 9.64 Å². The number of nitrogens with zero attached hydrogens (tertiary/aromatic N) is 1. The van der Waals surface area contributed by atoms with Crippen molar-refractivity contribution in [1.29, 1.82) is 0 Å². The van der Waals surface area contributed by atoms with Crippen LogP contribution in [0.3, 0.4) is 0 Å². The van der Waals surface area contributed by atoms with Crippen molar-refractivity contribution in [2.24, 2.45) is 0 Å². The van der Waals surface area contributed by atoms with E-state index in [1.165, 1.54) is 12.8 Å². The molecule has 0 amide bonds. The Labute approximate surface area is 127 Å². The summed E-state index contributed by atoms with van der Waals surface area (Å²) in [4.78, 5) is 15.0. The van der Waals surface area contributed by atoms with Crippen LogP contribution in [0.25, 0.3) is 0 Å². The predicted molar refractivity (Wildman–Crippen MR) is 83.2 cm³/mol. The number of carbonyl (C=O) groups is 1. The number of hydrogen-bond acceptors (Lipinski definition) is 3. The van der Waals surface area contributed by atoms with E-state index in [2.05, 4.69) is 18.9 Å². The molecular formula is C18H25NO2. The molecule has 2 bridgehead atoms. The van der Waals surface area contributed by atoms with E-state index in [0.29, 0.717) is 12.1 Å². The molecular weight excluding hydrogens is 262 g/mol. The topological polar surface area (TPSA) is 29.5 Å². The lowest BCUT2D eigenvalue weighted by atomic mass is 9.96. The number of hydrogen-bond donors (Lipinski definition) is 0. The summed E-state index contributed by atoms with van der Waals surface area (Å²) < 4.78 is 5.86. The van der Waals surface area contributed by atoms with Crippen LogP contribution in [0.2, 0.25) is 0 Å². The molecule has 3 nitrogen and oxygen atoms in total. The lowest BCUT2D eigenvalue weighted by Gasteiger charge is -2.36. The van der Waals surface area contributed by atoms with Crippen LogP contribution in [0.5, 0.6) is 0 Å². The molecule has 1 aromatic rings. The number of fused-ring (bicyclic) bond motifs is 2. The average Bonchev–Trinajstić information content (AvgIpc) is 2.72. The molecule has 0 spiro atoms. The van der Waals surface area contributed by atoms with E-state index in [0.717, 1.165) is 24.8 Å². The van der Waals surface area contributed by atoms with Crippen molar-refractivity contribution in [3.8, 4) is 0 Å². The molecule has 1 unspecified atom stereocenters.